The number of nitrogens with zero attached hydrogens (tertiary/aromatic N) is 2. The number of rotatable bonds is 6. The number of allylic oxidation sites excluding steroid dienone is 1. The predicted molar refractivity (Wildman–Crippen MR) is 117 cm³/mol. The number of piperazine rings is 1. The minimum absolute atomic E-state index is 0.0809. The van der Waals surface area contributed by atoms with Gasteiger partial charge in [0.2, 0.25) is 5.91 Å². The van der Waals surface area contributed by atoms with E-state index in [-0.39, 0.29) is 24.4 Å². The van der Waals surface area contributed by atoms with Gasteiger partial charge in [-0.3, -0.25) is 9.59 Å². The molecule has 3 aliphatic rings. The highest BCUT2D eigenvalue weighted by Crippen LogP contribution is 2.34. The van der Waals surface area contributed by atoms with Crippen LogP contribution in [0, 0.1) is 0 Å². The van der Waals surface area contributed by atoms with Crippen LogP contribution in [-0.2, 0) is 9.59 Å². The molecule has 0 N–H and O–H groups in total. The predicted octanol–water partition coefficient (Wildman–Crippen LogP) is 4.63. The Bertz CT molecular complexity index is 780. The van der Waals surface area contributed by atoms with Gasteiger partial charge >= 0.3 is 0 Å². The molecule has 0 spiro atoms. The minimum Gasteiger partial charge on any atom is -0.497 e. The van der Waals surface area contributed by atoms with Crippen LogP contribution in [0.15, 0.2) is 35.9 Å². The van der Waals surface area contributed by atoms with E-state index in [1.165, 1.54) is 24.8 Å². The summed E-state index contributed by atoms with van der Waals surface area (Å²) in [6.07, 6.45) is 13.5. The van der Waals surface area contributed by atoms with Gasteiger partial charge in [0.25, 0.3) is 5.91 Å². The van der Waals surface area contributed by atoms with Crippen LogP contribution in [0.4, 0.5) is 0 Å². The number of methoxy groups -OCH3 is 1. The lowest BCUT2D eigenvalue weighted by atomic mass is 9.91. The first kappa shape index (κ1) is 21.0. The summed E-state index contributed by atoms with van der Waals surface area (Å²) in [5, 5.41) is 0. The Kier molecular flexibility index (Phi) is 6.76. The summed E-state index contributed by atoms with van der Waals surface area (Å²) in [4.78, 5) is 30.6. The van der Waals surface area contributed by atoms with Gasteiger partial charge in [-0.15, -0.1) is 0 Å². The van der Waals surface area contributed by atoms with Gasteiger partial charge in [-0.1, -0.05) is 43.0 Å². The molecule has 2 amide bonds. The quantitative estimate of drug-likeness (QED) is 0.643. The summed E-state index contributed by atoms with van der Waals surface area (Å²) in [6.45, 7) is 0.848. The monoisotopic (exact) mass is 410 g/mol. The minimum atomic E-state index is -0.525. The lowest BCUT2D eigenvalue weighted by molar-refractivity contribution is -0.159. The van der Waals surface area contributed by atoms with Crippen LogP contribution in [0.3, 0.4) is 0 Å². The van der Waals surface area contributed by atoms with E-state index in [1.54, 1.807) is 7.11 Å². The Hall–Kier alpha value is -2.30. The molecule has 0 aromatic heterocycles. The van der Waals surface area contributed by atoms with Crippen molar-refractivity contribution < 1.29 is 14.3 Å². The van der Waals surface area contributed by atoms with Crippen LogP contribution < -0.4 is 4.74 Å². The molecule has 1 aromatic rings. The van der Waals surface area contributed by atoms with Crippen LogP contribution in [0.1, 0.15) is 75.8 Å². The Labute approximate surface area is 180 Å². The summed E-state index contributed by atoms with van der Waals surface area (Å²) in [7, 11) is 1.64. The van der Waals surface area contributed by atoms with Gasteiger partial charge < -0.3 is 14.5 Å². The van der Waals surface area contributed by atoms with Gasteiger partial charge in [-0.25, -0.2) is 0 Å². The molecule has 2 fully saturated rings. The Balaban J connectivity index is 1.58. The largest absolute Gasteiger partial charge is 0.497 e. The number of hydrogen-bond acceptors (Lipinski definition) is 3. The molecule has 1 atom stereocenters. The third-order valence-electron chi connectivity index (χ3n) is 6.96. The van der Waals surface area contributed by atoms with Gasteiger partial charge in [0.05, 0.1) is 7.11 Å². The molecule has 162 valence electrons. The second kappa shape index (κ2) is 9.67. The van der Waals surface area contributed by atoms with Crippen LogP contribution in [0.2, 0.25) is 0 Å². The summed E-state index contributed by atoms with van der Waals surface area (Å²) >= 11 is 0. The first-order valence-corrected chi connectivity index (χ1v) is 11.6. The highest BCUT2D eigenvalue weighted by molar-refractivity contribution is 5.95. The molecule has 5 nitrogen and oxygen atoms in total. The highest BCUT2D eigenvalue weighted by atomic mass is 16.5. The maximum absolute atomic E-state index is 13.7. The van der Waals surface area contributed by atoms with Crippen LogP contribution in [-0.4, -0.2) is 47.9 Å². The van der Waals surface area contributed by atoms with Crippen molar-refractivity contribution in [2.45, 2.75) is 76.3 Å². The molecule has 5 heteroatoms. The summed E-state index contributed by atoms with van der Waals surface area (Å²) in [5.74, 6) is 0.929. The Morgan fingerprint density at radius 2 is 1.77 bits per heavy atom. The molecule has 1 saturated heterocycles. The third-order valence-corrected chi connectivity index (χ3v) is 6.96. The zero-order valence-corrected chi connectivity index (χ0v) is 18.1. The zero-order valence-electron chi connectivity index (χ0n) is 18.1. The van der Waals surface area contributed by atoms with Crippen molar-refractivity contribution in [3.05, 3.63) is 41.5 Å². The number of carbonyl (C=O) groups excluding carboxylic acids is 2. The smallest absolute Gasteiger partial charge is 0.250 e. The molecule has 0 unspecified atom stereocenters. The average Bonchev–Trinajstić information content (AvgIpc) is 2.80. The lowest BCUT2D eigenvalue weighted by Crippen LogP contribution is -2.58. The molecule has 1 saturated carbocycles. The molecule has 2 aliphatic carbocycles. The van der Waals surface area contributed by atoms with E-state index in [9.17, 15) is 9.59 Å². The van der Waals surface area contributed by atoms with Crippen molar-refractivity contribution in [1.82, 2.24) is 9.80 Å². The van der Waals surface area contributed by atoms with Crippen LogP contribution in [0.5, 0.6) is 5.75 Å². The number of ether oxygens (including phenoxy) is 1. The van der Waals surface area contributed by atoms with E-state index < -0.39 is 6.04 Å². The zero-order chi connectivity index (χ0) is 20.9. The second-order valence-corrected chi connectivity index (χ2v) is 8.88. The Morgan fingerprint density at radius 1 is 1.00 bits per heavy atom. The van der Waals surface area contributed by atoms with Gasteiger partial charge in [-0.05, 0) is 62.6 Å². The molecule has 1 aromatic carbocycles. The molecule has 0 radical (unpaired) electrons. The van der Waals surface area contributed by atoms with Gasteiger partial charge in [-0.2, -0.15) is 0 Å². The normalized spacial score (nSPS) is 23.5. The van der Waals surface area contributed by atoms with E-state index in [4.69, 9.17) is 4.74 Å². The summed E-state index contributed by atoms with van der Waals surface area (Å²) < 4.78 is 5.29. The standard InChI is InChI=1S/C25H34N2O3/c1-30-22-14-12-20(13-15-22)24-25(29)27(21-10-6-3-7-11-21)18-23(28)26(24)17-16-19-8-4-2-5-9-19/h8,12-15,21,24H,2-7,9-11,16-18H2,1H3/t24-/m0/s1. The number of amides is 2. The van der Waals surface area contributed by atoms with E-state index >= 15 is 0 Å². The molecular weight excluding hydrogens is 376 g/mol. The number of hydrogen-bond donors (Lipinski definition) is 0. The van der Waals surface area contributed by atoms with Crippen molar-refractivity contribution in [2.75, 3.05) is 20.2 Å². The van der Waals surface area contributed by atoms with Crippen molar-refractivity contribution in [3.8, 4) is 5.75 Å². The van der Waals surface area contributed by atoms with E-state index in [0.29, 0.717) is 6.54 Å². The van der Waals surface area contributed by atoms with E-state index in [0.717, 1.165) is 56.3 Å². The molecule has 1 heterocycles. The van der Waals surface area contributed by atoms with Crippen molar-refractivity contribution in [2.24, 2.45) is 0 Å². The first-order valence-electron chi connectivity index (χ1n) is 11.6. The molecular formula is C25H34N2O3. The van der Waals surface area contributed by atoms with Crippen LogP contribution >= 0.6 is 0 Å². The maximum atomic E-state index is 13.7. The van der Waals surface area contributed by atoms with Gasteiger partial charge in [0.1, 0.15) is 18.3 Å². The Morgan fingerprint density at radius 3 is 2.43 bits per heavy atom. The second-order valence-electron chi connectivity index (χ2n) is 8.88. The topological polar surface area (TPSA) is 49.9 Å². The SMILES string of the molecule is COc1ccc([C@H]2C(=O)N(C3CCCCC3)CC(=O)N2CCC2=CCCCC2)cc1. The summed E-state index contributed by atoms with van der Waals surface area (Å²) in [5.41, 5.74) is 2.32. The molecule has 4 rings (SSSR count). The molecule has 1 aliphatic heterocycles. The van der Waals surface area contributed by atoms with Gasteiger partial charge in [0.15, 0.2) is 0 Å². The van der Waals surface area contributed by atoms with Crippen molar-refractivity contribution in [1.29, 1.82) is 0 Å². The van der Waals surface area contributed by atoms with Crippen LogP contribution in [0.25, 0.3) is 0 Å². The fourth-order valence-electron chi connectivity index (χ4n) is 5.21. The van der Waals surface area contributed by atoms with E-state index in [1.807, 2.05) is 34.1 Å². The fraction of sp³-hybridized carbons (Fsp3) is 0.600. The lowest BCUT2D eigenvalue weighted by Gasteiger charge is -2.44. The molecule has 30 heavy (non-hydrogen) atoms. The van der Waals surface area contributed by atoms with Crippen molar-refractivity contribution in [3.63, 3.8) is 0 Å². The van der Waals surface area contributed by atoms with E-state index in [2.05, 4.69) is 6.08 Å². The third kappa shape index (κ3) is 4.55. The summed E-state index contributed by atoms with van der Waals surface area (Å²) in [6, 6.07) is 7.32. The van der Waals surface area contributed by atoms with Crippen molar-refractivity contribution >= 4 is 11.8 Å². The first-order chi connectivity index (χ1) is 14.7. The average molecular weight is 411 g/mol. The molecule has 0 bridgehead atoms. The number of benzene rings is 1. The highest BCUT2D eigenvalue weighted by Gasteiger charge is 2.42. The maximum Gasteiger partial charge on any atom is 0.250 e. The fourth-order valence-corrected chi connectivity index (χ4v) is 5.21. The number of carbonyl (C=O) groups is 2. The van der Waals surface area contributed by atoms with Gasteiger partial charge in [0, 0.05) is 12.6 Å².